The number of benzene rings is 2. The summed E-state index contributed by atoms with van der Waals surface area (Å²) in [6.07, 6.45) is 6.28. The molecule has 0 atom stereocenters. The van der Waals surface area contributed by atoms with Crippen LogP contribution in [0.25, 0.3) is 5.70 Å². The van der Waals surface area contributed by atoms with Gasteiger partial charge in [0.2, 0.25) is 5.91 Å². The van der Waals surface area contributed by atoms with Crippen molar-refractivity contribution in [1.82, 2.24) is 4.90 Å². The molecule has 0 bridgehead atoms. The van der Waals surface area contributed by atoms with Crippen LogP contribution in [0.15, 0.2) is 72.8 Å². The van der Waals surface area contributed by atoms with Crippen LogP contribution in [0.2, 0.25) is 0 Å². The van der Waals surface area contributed by atoms with E-state index in [0.29, 0.717) is 13.0 Å². The third-order valence-electron chi connectivity index (χ3n) is 3.84. The van der Waals surface area contributed by atoms with Crippen molar-refractivity contribution in [3.05, 3.63) is 84.0 Å². The zero-order chi connectivity index (χ0) is 16.1. The predicted octanol–water partition coefficient (Wildman–Crippen LogP) is 4.02. The Labute approximate surface area is 136 Å². The van der Waals surface area contributed by atoms with Gasteiger partial charge in [0.1, 0.15) is 5.75 Å². The summed E-state index contributed by atoms with van der Waals surface area (Å²) in [5.74, 6) is 0.918. The first kappa shape index (κ1) is 15.1. The Bertz CT molecular complexity index is 730. The van der Waals surface area contributed by atoms with Gasteiger partial charge in [-0.25, -0.2) is 0 Å². The SMILES string of the molecule is COc1ccc(CN2C(=O)CC=CC=C2c2ccccc2)cc1. The molecule has 0 saturated carbocycles. The number of hydrogen-bond acceptors (Lipinski definition) is 2. The number of nitrogens with zero attached hydrogens (tertiary/aromatic N) is 1. The van der Waals surface area contributed by atoms with Crippen molar-refractivity contribution in [2.45, 2.75) is 13.0 Å². The summed E-state index contributed by atoms with van der Waals surface area (Å²) in [6, 6.07) is 17.8. The van der Waals surface area contributed by atoms with Crippen molar-refractivity contribution in [3.8, 4) is 5.75 Å². The van der Waals surface area contributed by atoms with Gasteiger partial charge in [0.15, 0.2) is 0 Å². The van der Waals surface area contributed by atoms with E-state index in [1.807, 2.05) is 77.7 Å². The standard InChI is InChI=1S/C20H19NO2/c1-23-18-13-11-16(12-14-18)15-21-19(9-5-6-10-20(21)22)17-7-3-2-4-8-17/h2-9,11-14H,10,15H2,1H3. The fourth-order valence-electron chi connectivity index (χ4n) is 2.61. The molecule has 1 aliphatic rings. The molecule has 23 heavy (non-hydrogen) atoms. The highest BCUT2D eigenvalue weighted by atomic mass is 16.5. The number of methoxy groups -OCH3 is 1. The fraction of sp³-hybridized carbons (Fsp3) is 0.150. The van der Waals surface area contributed by atoms with Crippen LogP contribution in [-0.2, 0) is 11.3 Å². The maximum atomic E-state index is 12.5. The van der Waals surface area contributed by atoms with E-state index >= 15 is 0 Å². The highest BCUT2D eigenvalue weighted by molar-refractivity contribution is 5.89. The third kappa shape index (κ3) is 3.51. The molecule has 3 rings (SSSR count). The Kier molecular flexibility index (Phi) is 4.57. The first-order valence-electron chi connectivity index (χ1n) is 7.63. The Balaban J connectivity index is 1.90. The van der Waals surface area contributed by atoms with Gasteiger partial charge in [0, 0.05) is 6.42 Å². The molecular formula is C20H19NO2. The van der Waals surface area contributed by atoms with Crippen molar-refractivity contribution in [3.63, 3.8) is 0 Å². The zero-order valence-electron chi connectivity index (χ0n) is 13.1. The van der Waals surface area contributed by atoms with E-state index in [1.165, 1.54) is 0 Å². The Hall–Kier alpha value is -2.81. The molecule has 1 aliphatic heterocycles. The summed E-state index contributed by atoms with van der Waals surface area (Å²) in [6.45, 7) is 0.547. The molecule has 3 nitrogen and oxygen atoms in total. The first-order valence-corrected chi connectivity index (χ1v) is 7.63. The van der Waals surface area contributed by atoms with E-state index in [2.05, 4.69) is 0 Å². The average Bonchev–Trinajstić information content (AvgIpc) is 2.78. The fourth-order valence-corrected chi connectivity index (χ4v) is 2.61. The van der Waals surface area contributed by atoms with Crippen LogP contribution in [-0.4, -0.2) is 17.9 Å². The molecule has 2 aromatic rings. The molecule has 0 saturated heterocycles. The Morgan fingerprint density at radius 3 is 2.48 bits per heavy atom. The molecule has 1 amide bonds. The molecule has 3 heteroatoms. The van der Waals surface area contributed by atoms with E-state index in [9.17, 15) is 4.79 Å². The second-order valence-electron chi connectivity index (χ2n) is 5.38. The minimum atomic E-state index is 0.102. The lowest BCUT2D eigenvalue weighted by Crippen LogP contribution is -2.28. The van der Waals surface area contributed by atoms with Crippen molar-refractivity contribution < 1.29 is 9.53 Å². The summed E-state index contributed by atoms with van der Waals surface area (Å²) < 4.78 is 5.19. The number of carbonyl (C=O) groups excluding carboxylic acids is 1. The zero-order valence-corrected chi connectivity index (χ0v) is 13.1. The van der Waals surface area contributed by atoms with Gasteiger partial charge in [0.05, 0.1) is 19.4 Å². The highest BCUT2D eigenvalue weighted by Crippen LogP contribution is 2.25. The first-order chi connectivity index (χ1) is 11.3. The minimum absolute atomic E-state index is 0.102. The third-order valence-corrected chi connectivity index (χ3v) is 3.84. The average molecular weight is 305 g/mol. The second-order valence-corrected chi connectivity index (χ2v) is 5.38. The highest BCUT2D eigenvalue weighted by Gasteiger charge is 2.20. The van der Waals surface area contributed by atoms with E-state index in [0.717, 1.165) is 22.6 Å². The van der Waals surface area contributed by atoms with E-state index in [1.54, 1.807) is 7.11 Å². The van der Waals surface area contributed by atoms with Gasteiger partial charge in [-0.05, 0) is 29.3 Å². The number of amides is 1. The molecule has 0 fully saturated rings. The van der Waals surface area contributed by atoms with Gasteiger partial charge in [-0.2, -0.15) is 0 Å². The molecule has 0 spiro atoms. The van der Waals surface area contributed by atoms with Crippen molar-refractivity contribution in [2.24, 2.45) is 0 Å². The molecule has 2 aromatic carbocycles. The van der Waals surface area contributed by atoms with Gasteiger partial charge in [0.25, 0.3) is 0 Å². The molecule has 0 N–H and O–H groups in total. The number of carbonyl (C=O) groups is 1. The summed E-state index contributed by atoms with van der Waals surface area (Å²) in [4.78, 5) is 14.4. The van der Waals surface area contributed by atoms with Crippen LogP contribution >= 0.6 is 0 Å². The predicted molar refractivity (Wildman–Crippen MR) is 91.7 cm³/mol. The van der Waals surface area contributed by atoms with Crippen molar-refractivity contribution in [1.29, 1.82) is 0 Å². The van der Waals surface area contributed by atoms with E-state index in [-0.39, 0.29) is 5.91 Å². The molecule has 0 radical (unpaired) electrons. The summed E-state index contributed by atoms with van der Waals surface area (Å²) in [5, 5.41) is 0. The van der Waals surface area contributed by atoms with Crippen LogP contribution in [0.5, 0.6) is 5.75 Å². The molecule has 0 aliphatic carbocycles. The van der Waals surface area contributed by atoms with Gasteiger partial charge >= 0.3 is 0 Å². The maximum absolute atomic E-state index is 12.5. The van der Waals surface area contributed by atoms with Gasteiger partial charge in [-0.1, -0.05) is 54.6 Å². The number of allylic oxidation sites excluding steroid dienone is 2. The lowest BCUT2D eigenvalue weighted by Gasteiger charge is -2.25. The molecule has 0 unspecified atom stereocenters. The van der Waals surface area contributed by atoms with Crippen LogP contribution in [0, 0.1) is 0 Å². The van der Waals surface area contributed by atoms with E-state index in [4.69, 9.17) is 4.74 Å². The normalized spacial score (nSPS) is 14.4. The Morgan fingerprint density at radius 1 is 1.04 bits per heavy atom. The van der Waals surface area contributed by atoms with E-state index < -0.39 is 0 Å². The van der Waals surface area contributed by atoms with Gasteiger partial charge in [-0.3, -0.25) is 4.79 Å². The summed E-state index contributed by atoms with van der Waals surface area (Å²) in [7, 11) is 1.65. The molecule has 1 heterocycles. The van der Waals surface area contributed by atoms with Crippen LogP contribution in [0.1, 0.15) is 17.5 Å². The quantitative estimate of drug-likeness (QED) is 0.853. The lowest BCUT2D eigenvalue weighted by atomic mass is 10.1. The molecule has 0 aromatic heterocycles. The summed E-state index contributed by atoms with van der Waals surface area (Å²) >= 11 is 0. The second kappa shape index (κ2) is 6.97. The van der Waals surface area contributed by atoms with Gasteiger partial charge in [-0.15, -0.1) is 0 Å². The monoisotopic (exact) mass is 305 g/mol. The topological polar surface area (TPSA) is 29.5 Å². The van der Waals surface area contributed by atoms with Crippen molar-refractivity contribution >= 4 is 11.6 Å². The maximum Gasteiger partial charge on any atom is 0.231 e. The number of hydrogen-bond donors (Lipinski definition) is 0. The largest absolute Gasteiger partial charge is 0.497 e. The van der Waals surface area contributed by atoms with Crippen LogP contribution in [0.4, 0.5) is 0 Å². The number of rotatable bonds is 4. The molecular weight excluding hydrogens is 286 g/mol. The minimum Gasteiger partial charge on any atom is -0.497 e. The van der Waals surface area contributed by atoms with Gasteiger partial charge < -0.3 is 9.64 Å². The van der Waals surface area contributed by atoms with Crippen LogP contribution in [0.3, 0.4) is 0 Å². The Morgan fingerprint density at radius 2 is 1.78 bits per heavy atom. The number of ether oxygens (including phenoxy) is 1. The lowest BCUT2D eigenvalue weighted by molar-refractivity contribution is -0.127. The molecule has 116 valence electrons. The van der Waals surface area contributed by atoms with Crippen LogP contribution < -0.4 is 4.74 Å². The summed E-state index contributed by atoms with van der Waals surface area (Å²) in [5.41, 5.74) is 3.05. The smallest absolute Gasteiger partial charge is 0.231 e. The van der Waals surface area contributed by atoms with Crippen molar-refractivity contribution in [2.75, 3.05) is 7.11 Å².